The van der Waals surface area contributed by atoms with Gasteiger partial charge in [0.15, 0.2) is 34.6 Å². The van der Waals surface area contributed by atoms with Gasteiger partial charge in [-0.1, -0.05) is 12.1 Å². The van der Waals surface area contributed by atoms with Crippen LogP contribution in [0.25, 0.3) is 11.0 Å². The normalized spacial score (nSPS) is 10.9. The van der Waals surface area contributed by atoms with E-state index in [9.17, 15) is 10.2 Å². The molecule has 4 aromatic rings. The Morgan fingerprint density at radius 3 is 1.30 bits per heavy atom. The minimum atomic E-state index is -0.0311. The number of aliphatic hydroxyl groups is 2. The van der Waals surface area contributed by atoms with E-state index in [4.69, 9.17) is 48.4 Å². The predicted molar refractivity (Wildman–Crippen MR) is 173 cm³/mol. The van der Waals surface area contributed by atoms with Crippen LogP contribution in [0.1, 0.15) is 24.0 Å². The highest BCUT2D eigenvalue weighted by Crippen LogP contribution is 2.35. The molecule has 2 N–H and O–H groups in total. The standard InChI is InChI=1S/C32H42N6O8/c1-37(19-21-9-11-23(41-3)25(17-21)43-5)29-27-28(34-31(35-29)45-15-7-13-39)30(36-32(33-27)46-16-8-14-40)38(2)20-22-10-12-24(42-4)26(18-22)44-6/h9-12,17-18,39-40H,7-8,13-16,19-20H2,1-6H3. The van der Waals surface area contributed by atoms with E-state index >= 15 is 0 Å². The molecule has 0 bridgehead atoms. The fourth-order valence-corrected chi connectivity index (χ4v) is 4.72. The number of hydrogen-bond acceptors (Lipinski definition) is 14. The van der Waals surface area contributed by atoms with Crippen LogP contribution in [0.15, 0.2) is 36.4 Å². The van der Waals surface area contributed by atoms with Gasteiger partial charge in [0, 0.05) is 53.2 Å². The van der Waals surface area contributed by atoms with Crippen LogP contribution in [-0.4, -0.2) is 99.1 Å². The fourth-order valence-electron chi connectivity index (χ4n) is 4.72. The molecule has 0 aliphatic carbocycles. The zero-order valence-electron chi connectivity index (χ0n) is 27.1. The van der Waals surface area contributed by atoms with Crippen molar-refractivity contribution in [1.29, 1.82) is 0 Å². The summed E-state index contributed by atoms with van der Waals surface area (Å²) >= 11 is 0. The zero-order chi connectivity index (χ0) is 33.1. The summed E-state index contributed by atoms with van der Waals surface area (Å²) in [6, 6.07) is 11.6. The Hall–Kier alpha value is -4.82. The summed E-state index contributed by atoms with van der Waals surface area (Å²) in [5.41, 5.74) is 2.77. The number of anilines is 2. The number of benzene rings is 2. The third-order valence-corrected chi connectivity index (χ3v) is 6.99. The Morgan fingerprint density at radius 2 is 0.957 bits per heavy atom. The lowest BCUT2D eigenvalue weighted by atomic mass is 10.2. The number of ether oxygens (including phenoxy) is 6. The summed E-state index contributed by atoms with van der Waals surface area (Å²) in [7, 11) is 10.1. The van der Waals surface area contributed by atoms with Gasteiger partial charge in [-0.3, -0.25) is 0 Å². The van der Waals surface area contributed by atoms with E-state index in [0.29, 0.717) is 71.6 Å². The molecular formula is C32H42N6O8. The van der Waals surface area contributed by atoms with Crippen molar-refractivity contribution in [3.63, 3.8) is 0 Å². The molecule has 14 nitrogen and oxygen atoms in total. The first-order chi connectivity index (χ1) is 22.3. The van der Waals surface area contributed by atoms with Gasteiger partial charge in [0.1, 0.15) is 11.0 Å². The van der Waals surface area contributed by atoms with Crippen molar-refractivity contribution in [3.8, 4) is 35.0 Å². The number of methoxy groups -OCH3 is 4. The lowest BCUT2D eigenvalue weighted by Gasteiger charge is -2.24. The third-order valence-electron chi connectivity index (χ3n) is 6.99. The third kappa shape index (κ3) is 8.25. The summed E-state index contributed by atoms with van der Waals surface area (Å²) in [5, 5.41) is 18.7. The maximum atomic E-state index is 9.33. The van der Waals surface area contributed by atoms with Crippen molar-refractivity contribution in [1.82, 2.24) is 19.9 Å². The molecule has 0 amide bonds. The lowest BCUT2D eigenvalue weighted by molar-refractivity contribution is 0.223. The highest BCUT2D eigenvalue weighted by atomic mass is 16.5. The van der Waals surface area contributed by atoms with Crippen LogP contribution >= 0.6 is 0 Å². The first-order valence-electron chi connectivity index (χ1n) is 14.8. The van der Waals surface area contributed by atoms with E-state index < -0.39 is 0 Å². The minimum absolute atomic E-state index is 0.0311. The Labute approximate surface area is 268 Å². The van der Waals surface area contributed by atoms with Crippen LogP contribution in [0.2, 0.25) is 0 Å². The molecule has 2 heterocycles. The van der Waals surface area contributed by atoms with E-state index in [1.807, 2.05) is 60.3 Å². The molecule has 0 fully saturated rings. The molecule has 46 heavy (non-hydrogen) atoms. The molecule has 0 unspecified atom stereocenters. The number of fused-ring (bicyclic) bond motifs is 1. The van der Waals surface area contributed by atoms with Gasteiger partial charge in [-0.2, -0.15) is 19.9 Å². The molecule has 0 aliphatic heterocycles. The summed E-state index contributed by atoms with van der Waals surface area (Å²) in [4.78, 5) is 22.8. The molecular weight excluding hydrogens is 596 g/mol. The molecule has 14 heteroatoms. The van der Waals surface area contributed by atoms with Gasteiger partial charge in [0.2, 0.25) is 0 Å². The van der Waals surface area contributed by atoms with E-state index in [-0.39, 0.29) is 38.4 Å². The molecule has 0 saturated carbocycles. The summed E-state index contributed by atoms with van der Waals surface area (Å²) < 4.78 is 33.6. The summed E-state index contributed by atoms with van der Waals surface area (Å²) in [5.74, 6) is 3.42. The van der Waals surface area contributed by atoms with Crippen LogP contribution in [0.3, 0.4) is 0 Å². The van der Waals surface area contributed by atoms with Gasteiger partial charge in [-0.05, 0) is 35.4 Å². The second-order valence-electron chi connectivity index (χ2n) is 10.3. The highest BCUT2D eigenvalue weighted by molar-refractivity contribution is 5.93. The molecule has 0 spiro atoms. The lowest BCUT2D eigenvalue weighted by Crippen LogP contribution is -2.22. The minimum Gasteiger partial charge on any atom is -0.493 e. The van der Waals surface area contributed by atoms with Crippen LogP contribution in [0.4, 0.5) is 11.6 Å². The monoisotopic (exact) mass is 638 g/mol. The highest BCUT2D eigenvalue weighted by Gasteiger charge is 2.23. The van der Waals surface area contributed by atoms with Gasteiger partial charge in [0.25, 0.3) is 0 Å². The maximum Gasteiger partial charge on any atom is 0.319 e. The van der Waals surface area contributed by atoms with Crippen molar-refractivity contribution >= 4 is 22.7 Å². The Balaban J connectivity index is 1.82. The van der Waals surface area contributed by atoms with Crippen LogP contribution in [0, 0.1) is 0 Å². The average Bonchev–Trinajstić information content (AvgIpc) is 3.07. The number of hydrogen-bond donors (Lipinski definition) is 2. The second-order valence-corrected chi connectivity index (χ2v) is 10.3. The number of nitrogens with zero attached hydrogens (tertiary/aromatic N) is 6. The smallest absolute Gasteiger partial charge is 0.319 e. The van der Waals surface area contributed by atoms with E-state index in [2.05, 4.69) is 0 Å². The topological polar surface area (TPSA) is 154 Å². The molecule has 0 atom stereocenters. The molecule has 2 aromatic heterocycles. The Morgan fingerprint density at radius 1 is 0.565 bits per heavy atom. The number of rotatable bonds is 18. The van der Waals surface area contributed by atoms with Crippen LogP contribution in [-0.2, 0) is 13.1 Å². The van der Waals surface area contributed by atoms with E-state index in [1.54, 1.807) is 28.4 Å². The van der Waals surface area contributed by atoms with Gasteiger partial charge >= 0.3 is 12.0 Å². The van der Waals surface area contributed by atoms with Crippen molar-refractivity contribution in [2.45, 2.75) is 25.9 Å². The molecule has 2 aromatic carbocycles. The summed E-state index contributed by atoms with van der Waals surface area (Å²) in [6.07, 6.45) is 0.830. The SMILES string of the molecule is COc1ccc(CN(C)c2nc(OCCCO)nc3c(N(C)Cc4ccc(OC)c(OC)c4)nc(OCCCO)nc23)cc1OC. The summed E-state index contributed by atoms with van der Waals surface area (Å²) in [6.45, 7) is 1.25. The van der Waals surface area contributed by atoms with Gasteiger partial charge < -0.3 is 48.4 Å². The first kappa shape index (κ1) is 34.1. The Kier molecular flexibility index (Phi) is 12.2. The van der Waals surface area contributed by atoms with E-state index in [1.165, 1.54) is 0 Å². The van der Waals surface area contributed by atoms with Crippen molar-refractivity contribution in [3.05, 3.63) is 47.5 Å². The fraction of sp³-hybridized carbons (Fsp3) is 0.438. The van der Waals surface area contributed by atoms with Crippen molar-refractivity contribution in [2.75, 3.05) is 78.8 Å². The number of aromatic nitrogens is 4. The number of aliphatic hydroxyl groups excluding tert-OH is 2. The molecule has 0 aliphatic rings. The largest absolute Gasteiger partial charge is 0.493 e. The molecule has 0 radical (unpaired) electrons. The van der Waals surface area contributed by atoms with Crippen LogP contribution in [0.5, 0.6) is 35.0 Å². The molecule has 0 saturated heterocycles. The van der Waals surface area contributed by atoms with Crippen molar-refractivity contribution in [2.24, 2.45) is 0 Å². The molecule has 248 valence electrons. The average molecular weight is 639 g/mol. The van der Waals surface area contributed by atoms with Gasteiger partial charge in [0.05, 0.1) is 41.7 Å². The molecule has 4 rings (SSSR count). The Bertz CT molecular complexity index is 1470. The zero-order valence-corrected chi connectivity index (χ0v) is 27.1. The predicted octanol–water partition coefficient (Wildman–Crippen LogP) is 3.25. The van der Waals surface area contributed by atoms with Crippen LogP contribution < -0.4 is 38.2 Å². The van der Waals surface area contributed by atoms with E-state index in [0.717, 1.165) is 11.1 Å². The maximum absolute atomic E-state index is 9.33. The van der Waals surface area contributed by atoms with Crippen molar-refractivity contribution < 1.29 is 38.6 Å². The quantitative estimate of drug-likeness (QED) is 0.153. The first-order valence-corrected chi connectivity index (χ1v) is 14.8. The second kappa shape index (κ2) is 16.5. The van der Waals surface area contributed by atoms with Gasteiger partial charge in [-0.15, -0.1) is 0 Å². The van der Waals surface area contributed by atoms with Gasteiger partial charge in [-0.25, -0.2) is 0 Å².